The van der Waals surface area contributed by atoms with E-state index < -0.39 is 0 Å². The molecule has 2 aliphatic carbocycles. The maximum atomic E-state index is 12.6. The molecule has 2 fully saturated rings. The average molecular weight is 380 g/mol. The van der Waals surface area contributed by atoms with Crippen molar-refractivity contribution in [3.63, 3.8) is 0 Å². The Labute approximate surface area is 169 Å². The summed E-state index contributed by atoms with van der Waals surface area (Å²) in [5.41, 5.74) is 2.84. The van der Waals surface area contributed by atoms with Crippen molar-refractivity contribution in [2.24, 2.45) is 11.8 Å². The van der Waals surface area contributed by atoms with Gasteiger partial charge in [-0.2, -0.15) is 5.26 Å². The van der Waals surface area contributed by atoms with E-state index in [1.807, 2.05) is 6.08 Å². The fourth-order valence-electron chi connectivity index (χ4n) is 4.75. The monoisotopic (exact) mass is 379 g/mol. The van der Waals surface area contributed by atoms with Gasteiger partial charge in [-0.05, 0) is 80.8 Å². The molecule has 150 valence electrons. The van der Waals surface area contributed by atoms with Gasteiger partial charge in [0.05, 0.1) is 12.0 Å². The van der Waals surface area contributed by atoms with Crippen LogP contribution in [0.4, 0.5) is 0 Å². The quantitative estimate of drug-likeness (QED) is 0.443. The van der Waals surface area contributed by atoms with E-state index in [1.54, 1.807) is 6.08 Å². The van der Waals surface area contributed by atoms with E-state index >= 15 is 0 Å². The lowest BCUT2D eigenvalue weighted by Crippen LogP contribution is -2.29. The molecule has 0 radical (unpaired) electrons. The first-order valence-electron chi connectivity index (χ1n) is 11.0. The molecule has 2 saturated carbocycles. The van der Waals surface area contributed by atoms with Gasteiger partial charge in [0.2, 0.25) is 0 Å². The molecule has 28 heavy (non-hydrogen) atoms. The number of nitrogens with zero attached hydrogens (tertiary/aromatic N) is 1. The van der Waals surface area contributed by atoms with Gasteiger partial charge >= 0.3 is 5.97 Å². The van der Waals surface area contributed by atoms with E-state index in [0.717, 1.165) is 57.8 Å². The van der Waals surface area contributed by atoms with Gasteiger partial charge in [0.15, 0.2) is 0 Å². The second-order valence-electron chi connectivity index (χ2n) is 8.50. The number of benzene rings is 1. The first kappa shape index (κ1) is 20.6. The van der Waals surface area contributed by atoms with E-state index in [-0.39, 0.29) is 18.0 Å². The first-order valence-corrected chi connectivity index (χ1v) is 11.0. The highest BCUT2D eigenvalue weighted by Crippen LogP contribution is 2.37. The van der Waals surface area contributed by atoms with E-state index in [9.17, 15) is 4.79 Å². The average Bonchev–Trinajstić information content (AvgIpc) is 2.74. The fraction of sp³-hybridized carbons (Fsp3) is 0.600. The minimum Gasteiger partial charge on any atom is -0.462 e. The molecular formula is C25H33NO2. The number of carbonyl (C=O) groups is 1. The molecule has 1 aromatic rings. The molecule has 0 bridgehead atoms. The summed E-state index contributed by atoms with van der Waals surface area (Å²) in [7, 11) is 0. The third-order valence-corrected chi connectivity index (χ3v) is 6.49. The maximum Gasteiger partial charge on any atom is 0.309 e. The van der Waals surface area contributed by atoms with Crippen LogP contribution in [-0.2, 0) is 16.0 Å². The molecule has 0 unspecified atom stereocenters. The summed E-state index contributed by atoms with van der Waals surface area (Å²) in [5, 5.41) is 8.63. The molecule has 0 saturated heterocycles. The normalized spacial score (nSPS) is 28.0. The zero-order chi connectivity index (χ0) is 19.8. The Morgan fingerprint density at radius 3 is 2.36 bits per heavy atom. The predicted molar refractivity (Wildman–Crippen MR) is 112 cm³/mol. The highest BCUT2D eigenvalue weighted by Gasteiger charge is 2.30. The van der Waals surface area contributed by atoms with Crippen molar-refractivity contribution in [3.05, 3.63) is 47.5 Å². The summed E-state index contributed by atoms with van der Waals surface area (Å²) >= 11 is 0. The Kier molecular flexibility index (Phi) is 7.71. The third kappa shape index (κ3) is 5.71. The van der Waals surface area contributed by atoms with Gasteiger partial charge in [0, 0.05) is 6.08 Å². The van der Waals surface area contributed by atoms with Crippen LogP contribution in [0.15, 0.2) is 36.4 Å². The Bertz CT molecular complexity index is 684. The first-order chi connectivity index (χ1) is 13.7. The van der Waals surface area contributed by atoms with Crippen LogP contribution < -0.4 is 0 Å². The van der Waals surface area contributed by atoms with Crippen LogP contribution in [0.2, 0.25) is 0 Å². The number of allylic oxidation sites excluding steroid dienone is 2. The molecule has 3 heteroatoms. The molecule has 0 amide bonds. The fourth-order valence-corrected chi connectivity index (χ4v) is 4.75. The number of rotatable bonds is 6. The van der Waals surface area contributed by atoms with Crippen molar-refractivity contribution in [1.82, 2.24) is 0 Å². The molecule has 0 spiro atoms. The third-order valence-electron chi connectivity index (χ3n) is 6.49. The van der Waals surface area contributed by atoms with Gasteiger partial charge < -0.3 is 4.74 Å². The summed E-state index contributed by atoms with van der Waals surface area (Å²) in [5.74, 6) is 1.15. The zero-order valence-corrected chi connectivity index (χ0v) is 17.1. The molecule has 1 aromatic carbocycles. The van der Waals surface area contributed by atoms with Crippen LogP contribution in [0, 0.1) is 23.2 Å². The minimum absolute atomic E-state index is 0.0211. The molecule has 0 aliphatic heterocycles. The number of hydrogen-bond donors (Lipinski definition) is 0. The van der Waals surface area contributed by atoms with Crippen LogP contribution in [0.25, 0.3) is 0 Å². The summed E-state index contributed by atoms with van der Waals surface area (Å²) < 4.78 is 5.84. The highest BCUT2D eigenvalue weighted by molar-refractivity contribution is 5.72. The molecular weight excluding hydrogens is 346 g/mol. The molecule has 0 aromatic heterocycles. The number of hydrogen-bond acceptors (Lipinski definition) is 3. The molecule has 2 aliphatic rings. The Hall–Kier alpha value is -2.08. The SMILES string of the molecule is CCCc1ccc(C2CCC(C(=O)OC3CCC(C=CC#N)CC3)CC2)cc1. The Balaban J connectivity index is 1.41. The molecule has 3 nitrogen and oxygen atoms in total. The number of esters is 1. The number of aryl methyl sites for hydroxylation is 1. The van der Waals surface area contributed by atoms with Crippen LogP contribution in [0.5, 0.6) is 0 Å². The number of carbonyl (C=O) groups excluding carboxylic acids is 1. The largest absolute Gasteiger partial charge is 0.462 e. The van der Waals surface area contributed by atoms with Crippen LogP contribution in [0.1, 0.15) is 81.8 Å². The maximum absolute atomic E-state index is 12.6. The van der Waals surface area contributed by atoms with Gasteiger partial charge in [-0.1, -0.05) is 43.7 Å². The summed E-state index contributed by atoms with van der Waals surface area (Å²) in [6.07, 6.45) is 13.9. The van der Waals surface area contributed by atoms with Crippen molar-refractivity contribution in [3.8, 4) is 6.07 Å². The van der Waals surface area contributed by atoms with Gasteiger partial charge in [-0.25, -0.2) is 0 Å². The van der Waals surface area contributed by atoms with E-state index in [1.165, 1.54) is 17.5 Å². The second-order valence-corrected chi connectivity index (χ2v) is 8.50. The van der Waals surface area contributed by atoms with Crippen molar-refractivity contribution in [2.75, 3.05) is 0 Å². The Morgan fingerprint density at radius 2 is 1.75 bits per heavy atom. The molecule has 0 N–H and O–H groups in total. The summed E-state index contributed by atoms with van der Waals surface area (Å²) in [6.45, 7) is 2.21. The van der Waals surface area contributed by atoms with Crippen LogP contribution in [-0.4, -0.2) is 12.1 Å². The molecule has 0 atom stereocenters. The van der Waals surface area contributed by atoms with Crippen molar-refractivity contribution in [2.45, 2.75) is 83.2 Å². The molecule has 3 rings (SSSR count). The predicted octanol–water partition coefficient (Wildman–Crippen LogP) is 6.09. The second kappa shape index (κ2) is 10.5. The number of ether oxygens (including phenoxy) is 1. The summed E-state index contributed by atoms with van der Waals surface area (Å²) in [4.78, 5) is 12.6. The van der Waals surface area contributed by atoms with Crippen molar-refractivity contribution < 1.29 is 9.53 Å². The highest BCUT2D eigenvalue weighted by atomic mass is 16.5. The standard InChI is InChI=1S/C25H33NO2/c1-2-4-19-6-10-21(11-7-19)22-12-14-23(15-13-22)25(27)28-24-16-8-20(9-17-24)5-3-18-26/h3,5-7,10-11,20,22-24H,2,4,8-9,12-17H2,1H3. The van der Waals surface area contributed by atoms with E-state index in [4.69, 9.17) is 10.00 Å². The molecule has 0 heterocycles. The van der Waals surface area contributed by atoms with E-state index in [0.29, 0.717) is 11.8 Å². The summed E-state index contributed by atoms with van der Waals surface area (Å²) in [6, 6.07) is 11.2. The lowest BCUT2D eigenvalue weighted by Gasteiger charge is -2.31. The van der Waals surface area contributed by atoms with Gasteiger partial charge in [0.25, 0.3) is 0 Å². The topological polar surface area (TPSA) is 50.1 Å². The van der Waals surface area contributed by atoms with Crippen LogP contribution in [0.3, 0.4) is 0 Å². The Morgan fingerprint density at radius 1 is 1.07 bits per heavy atom. The lowest BCUT2D eigenvalue weighted by molar-refractivity contribution is -0.157. The van der Waals surface area contributed by atoms with Gasteiger partial charge in [-0.3, -0.25) is 4.79 Å². The zero-order valence-electron chi connectivity index (χ0n) is 17.1. The van der Waals surface area contributed by atoms with Gasteiger partial charge in [-0.15, -0.1) is 0 Å². The van der Waals surface area contributed by atoms with Crippen molar-refractivity contribution in [1.29, 1.82) is 5.26 Å². The van der Waals surface area contributed by atoms with E-state index in [2.05, 4.69) is 37.3 Å². The van der Waals surface area contributed by atoms with Gasteiger partial charge in [0.1, 0.15) is 6.10 Å². The van der Waals surface area contributed by atoms with Crippen LogP contribution >= 0.6 is 0 Å². The van der Waals surface area contributed by atoms with Crippen molar-refractivity contribution >= 4 is 5.97 Å². The number of nitriles is 1. The smallest absolute Gasteiger partial charge is 0.309 e. The lowest BCUT2D eigenvalue weighted by atomic mass is 9.78. The minimum atomic E-state index is 0.0211.